The molecule has 17 heavy (non-hydrogen) atoms. The molecule has 1 nitrogen and oxygen atoms in total. The highest BCUT2D eigenvalue weighted by Crippen LogP contribution is 2.29. The maximum atomic E-state index is 3.45. The average Bonchev–Trinajstić information content (AvgIpc) is 2.70. The zero-order valence-corrected chi connectivity index (χ0v) is 10.4. The van der Waals surface area contributed by atoms with Crippen molar-refractivity contribution in [2.45, 2.75) is 26.7 Å². The van der Waals surface area contributed by atoms with E-state index in [0.717, 1.165) is 6.42 Å². The zero-order valence-electron chi connectivity index (χ0n) is 10.4. The SMILES string of the molecule is CCCc1cc2[nH]c(C)cc2c2ccccc12. The maximum Gasteiger partial charge on any atom is 0.0465 e. The van der Waals surface area contributed by atoms with E-state index in [0.29, 0.717) is 0 Å². The standard InChI is InChI=1S/C16H17N/c1-3-6-12-10-16-15(9-11(2)17-16)14-8-5-4-7-13(12)14/h4-5,7-10,17H,3,6H2,1-2H3. The van der Waals surface area contributed by atoms with Crippen LogP contribution in [0.25, 0.3) is 21.7 Å². The molecule has 0 amide bonds. The molecule has 3 aromatic rings. The molecule has 0 aliphatic rings. The molecule has 0 aliphatic carbocycles. The van der Waals surface area contributed by atoms with E-state index in [-0.39, 0.29) is 0 Å². The van der Waals surface area contributed by atoms with Crippen LogP contribution in [0.5, 0.6) is 0 Å². The predicted molar refractivity (Wildman–Crippen MR) is 74.5 cm³/mol. The van der Waals surface area contributed by atoms with Gasteiger partial charge in [-0.2, -0.15) is 0 Å². The van der Waals surface area contributed by atoms with Gasteiger partial charge >= 0.3 is 0 Å². The minimum atomic E-state index is 1.15. The summed E-state index contributed by atoms with van der Waals surface area (Å²) >= 11 is 0. The van der Waals surface area contributed by atoms with Crippen molar-refractivity contribution in [2.24, 2.45) is 0 Å². The lowest BCUT2D eigenvalue weighted by atomic mass is 9.98. The molecule has 0 saturated carbocycles. The van der Waals surface area contributed by atoms with Crippen molar-refractivity contribution < 1.29 is 0 Å². The molecule has 3 rings (SSSR count). The number of rotatable bonds is 2. The smallest absolute Gasteiger partial charge is 0.0465 e. The van der Waals surface area contributed by atoms with Crippen molar-refractivity contribution >= 4 is 21.7 Å². The lowest BCUT2D eigenvalue weighted by molar-refractivity contribution is 0.930. The van der Waals surface area contributed by atoms with Gasteiger partial charge in [0, 0.05) is 16.6 Å². The minimum Gasteiger partial charge on any atom is -0.359 e. The van der Waals surface area contributed by atoms with E-state index >= 15 is 0 Å². The molecule has 0 atom stereocenters. The van der Waals surface area contributed by atoms with Gasteiger partial charge in [-0.3, -0.25) is 0 Å². The minimum absolute atomic E-state index is 1.15. The predicted octanol–water partition coefficient (Wildman–Crippen LogP) is 4.58. The van der Waals surface area contributed by atoms with Crippen LogP contribution >= 0.6 is 0 Å². The topological polar surface area (TPSA) is 15.8 Å². The molecule has 2 aromatic carbocycles. The Morgan fingerprint density at radius 3 is 2.53 bits per heavy atom. The van der Waals surface area contributed by atoms with Crippen LogP contribution in [-0.2, 0) is 6.42 Å². The molecular weight excluding hydrogens is 206 g/mol. The molecule has 0 radical (unpaired) electrons. The zero-order chi connectivity index (χ0) is 11.8. The number of hydrogen-bond donors (Lipinski definition) is 1. The summed E-state index contributed by atoms with van der Waals surface area (Å²) in [6.07, 6.45) is 2.34. The first-order chi connectivity index (χ1) is 8.29. The van der Waals surface area contributed by atoms with Crippen LogP contribution in [0.15, 0.2) is 36.4 Å². The highest BCUT2D eigenvalue weighted by atomic mass is 14.7. The van der Waals surface area contributed by atoms with Crippen LogP contribution in [0.2, 0.25) is 0 Å². The second-order valence-corrected chi connectivity index (χ2v) is 4.74. The van der Waals surface area contributed by atoms with Crippen molar-refractivity contribution in [3.05, 3.63) is 47.7 Å². The maximum absolute atomic E-state index is 3.45. The number of aryl methyl sites for hydroxylation is 2. The second-order valence-electron chi connectivity index (χ2n) is 4.74. The number of H-pyrrole nitrogens is 1. The summed E-state index contributed by atoms with van der Waals surface area (Å²) in [4.78, 5) is 3.45. The van der Waals surface area contributed by atoms with Crippen LogP contribution in [0.1, 0.15) is 24.6 Å². The largest absolute Gasteiger partial charge is 0.359 e. The van der Waals surface area contributed by atoms with E-state index in [1.807, 2.05) is 0 Å². The Kier molecular flexibility index (Phi) is 2.40. The van der Waals surface area contributed by atoms with Gasteiger partial charge in [0.25, 0.3) is 0 Å². The van der Waals surface area contributed by atoms with Gasteiger partial charge in [-0.05, 0) is 41.8 Å². The molecule has 0 spiro atoms. The van der Waals surface area contributed by atoms with Gasteiger partial charge in [0.05, 0.1) is 0 Å². The summed E-state index contributed by atoms with van der Waals surface area (Å²) in [6, 6.07) is 13.3. The van der Waals surface area contributed by atoms with Crippen molar-refractivity contribution in [3.63, 3.8) is 0 Å². The third-order valence-electron chi connectivity index (χ3n) is 3.38. The summed E-state index contributed by atoms with van der Waals surface area (Å²) in [5.41, 5.74) is 3.96. The Morgan fingerprint density at radius 1 is 1.00 bits per heavy atom. The third-order valence-corrected chi connectivity index (χ3v) is 3.38. The molecule has 1 N–H and O–H groups in total. The Balaban J connectivity index is 2.45. The molecular formula is C16H17N. The Hall–Kier alpha value is -1.76. The van der Waals surface area contributed by atoms with Gasteiger partial charge in [0.1, 0.15) is 0 Å². The first-order valence-electron chi connectivity index (χ1n) is 6.29. The summed E-state index contributed by atoms with van der Waals surface area (Å²) in [5, 5.41) is 4.12. The molecule has 0 saturated heterocycles. The number of hydrogen-bond acceptors (Lipinski definition) is 0. The van der Waals surface area contributed by atoms with Crippen molar-refractivity contribution in [1.29, 1.82) is 0 Å². The molecule has 86 valence electrons. The summed E-state index contributed by atoms with van der Waals surface area (Å²) in [5.74, 6) is 0. The lowest BCUT2D eigenvalue weighted by Gasteiger charge is -2.06. The lowest BCUT2D eigenvalue weighted by Crippen LogP contribution is -1.87. The van der Waals surface area contributed by atoms with Crippen molar-refractivity contribution in [1.82, 2.24) is 4.98 Å². The van der Waals surface area contributed by atoms with Crippen LogP contribution < -0.4 is 0 Å². The molecule has 0 unspecified atom stereocenters. The van der Waals surface area contributed by atoms with Crippen LogP contribution in [0.3, 0.4) is 0 Å². The molecule has 0 aliphatic heterocycles. The summed E-state index contributed by atoms with van der Waals surface area (Å²) in [7, 11) is 0. The molecule has 1 heteroatoms. The molecule has 0 fully saturated rings. The van der Waals surface area contributed by atoms with Gasteiger partial charge in [0.15, 0.2) is 0 Å². The van der Waals surface area contributed by atoms with E-state index in [1.165, 1.54) is 39.4 Å². The van der Waals surface area contributed by atoms with Crippen LogP contribution in [0.4, 0.5) is 0 Å². The van der Waals surface area contributed by atoms with Crippen molar-refractivity contribution in [3.8, 4) is 0 Å². The first-order valence-corrected chi connectivity index (χ1v) is 6.29. The second kappa shape index (κ2) is 3.92. The monoisotopic (exact) mass is 223 g/mol. The van der Waals surface area contributed by atoms with E-state index in [4.69, 9.17) is 0 Å². The number of fused-ring (bicyclic) bond motifs is 3. The van der Waals surface area contributed by atoms with Crippen LogP contribution in [0, 0.1) is 6.92 Å². The Morgan fingerprint density at radius 2 is 1.76 bits per heavy atom. The quantitative estimate of drug-likeness (QED) is 0.654. The summed E-state index contributed by atoms with van der Waals surface area (Å²) < 4.78 is 0. The first kappa shape index (κ1) is 10.4. The van der Waals surface area contributed by atoms with Gasteiger partial charge in [-0.25, -0.2) is 0 Å². The number of aromatic amines is 1. The normalized spacial score (nSPS) is 11.4. The van der Waals surface area contributed by atoms with E-state index in [9.17, 15) is 0 Å². The van der Waals surface area contributed by atoms with Crippen molar-refractivity contribution in [2.75, 3.05) is 0 Å². The van der Waals surface area contributed by atoms with Gasteiger partial charge in [-0.1, -0.05) is 37.6 Å². The fourth-order valence-corrected chi connectivity index (χ4v) is 2.67. The third kappa shape index (κ3) is 1.62. The van der Waals surface area contributed by atoms with Gasteiger partial charge < -0.3 is 4.98 Å². The fourth-order valence-electron chi connectivity index (χ4n) is 2.67. The van der Waals surface area contributed by atoms with E-state index < -0.39 is 0 Å². The summed E-state index contributed by atoms with van der Waals surface area (Å²) in [6.45, 7) is 4.35. The van der Waals surface area contributed by atoms with Gasteiger partial charge in [0.2, 0.25) is 0 Å². The Bertz CT molecular complexity index is 676. The van der Waals surface area contributed by atoms with Gasteiger partial charge in [-0.15, -0.1) is 0 Å². The number of benzene rings is 2. The average molecular weight is 223 g/mol. The van der Waals surface area contributed by atoms with E-state index in [2.05, 4.69) is 55.2 Å². The highest BCUT2D eigenvalue weighted by Gasteiger charge is 2.07. The fraction of sp³-hybridized carbons (Fsp3) is 0.250. The Labute approximate surface area is 101 Å². The molecule has 1 aromatic heterocycles. The molecule has 0 bridgehead atoms. The molecule has 1 heterocycles. The van der Waals surface area contributed by atoms with Crippen LogP contribution in [-0.4, -0.2) is 4.98 Å². The number of nitrogens with one attached hydrogen (secondary N) is 1. The highest BCUT2D eigenvalue weighted by molar-refractivity contribution is 6.08. The van der Waals surface area contributed by atoms with E-state index in [1.54, 1.807) is 0 Å². The number of aromatic nitrogens is 1.